The van der Waals surface area contributed by atoms with Crippen LogP contribution in [0, 0.1) is 0 Å². The first-order valence-corrected chi connectivity index (χ1v) is 5.58. The Hall–Kier alpha value is -1.43. The summed E-state index contributed by atoms with van der Waals surface area (Å²) in [5, 5.41) is 3.40. The number of anilines is 1. The fourth-order valence-corrected chi connectivity index (χ4v) is 1.92. The van der Waals surface area contributed by atoms with Crippen LogP contribution in [0.1, 0.15) is 12.7 Å². The average molecular weight is 303 g/mol. The molecule has 0 unspecified atom stereocenters. The minimum absolute atomic E-state index is 0.0420. The van der Waals surface area contributed by atoms with Crippen molar-refractivity contribution in [3.8, 4) is 11.1 Å². The third kappa shape index (κ3) is 2.31. The molecule has 90 valence electrons. The average Bonchev–Trinajstić information content (AvgIpc) is 2.59. The summed E-state index contributed by atoms with van der Waals surface area (Å²) in [6.07, 6.45) is 0. The van der Waals surface area contributed by atoms with Gasteiger partial charge in [-0.2, -0.15) is 8.78 Å². The van der Waals surface area contributed by atoms with Crippen LogP contribution in [-0.4, -0.2) is 5.16 Å². The van der Waals surface area contributed by atoms with Crippen LogP contribution in [-0.2, 0) is 5.92 Å². The molecule has 1 heterocycles. The lowest BCUT2D eigenvalue weighted by Gasteiger charge is -2.08. The first-order chi connectivity index (χ1) is 7.89. The van der Waals surface area contributed by atoms with Crippen LogP contribution in [0.15, 0.2) is 33.3 Å². The highest BCUT2D eigenvalue weighted by Crippen LogP contribution is 2.39. The van der Waals surface area contributed by atoms with Crippen LogP contribution in [0.2, 0.25) is 0 Å². The highest BCUT2D eigenvalue weighted by Gasteiger charge is 2.35. The van der Waals surface area contributed by atoms with Gasteiger partial charge in [0.2, 0.25) is 5.76 Å². The molecule has 0 saturated heterocycles. The van der Waals surface area contributed by atoms with E-state index in [9.17, 15) is 8.78 Å². The Balaban J connectivity index is 2.63. The van der Waals surface area contributed by atoms with Gasteiger partial charge in [-0.25, -0.2) is 0 Å². The zero-order chi connectivity index (χ0) is 12.6. The molecule has 0 spiro atoms. The lowest BCUT2D eigenvalue weighted by atomic mass is 10.0. The Labute approximate surface area is 105 Å². The second-order valence-corrected chi connectivity index (χ2v) is 4.59. The molecule has 1 aromatic carbocycles. The quantitative estimate of drug-likeness (QED) is 0.918. The zero-order valence-electron chi connectivity index (χ0n) is 8.88. The van der Waals surface area contributed by atoms with Crippen LogP contribution in [0.5, 0.6) is 0 Å². The monoisotopic (exact) mass is 302 g/mol. The van der Waals surface area contributed by atoms with E-state index in [1.54, 1.807) is 24.3 Å². The van der Waals surface area contributed by atoms with E-state index in [1.807, 2.05) is 0 Å². The summed E-state index contributed by atoms with van der Waals surface area (Å²) in [7, 11) is 0. The first kappa shape index (κ1) is 12.0. The first-order valence-electron chi connectivity index (χ1n) is 4.79. The number of benzene rings is 1. The van der Waals surface area contributed by atoms with Crippen molar-refractivity contribution in [2.75, 3.05) is 5.73 Å². The van der Waals surface area contributed by atoms with Gasteiger partial charge in [-0.1, -0.05) is 33.2 Å². The lowest BCUT2D eigenvalue weighted by molar-refractivity contribution is -0.00974. The van der Waals surface area contributed by atoms with Gasteiger partial charge in [-0.15, -0.1) is 0 Å². The maximum Gasteiger partial charge on any atom is 0.305 e. The molecule has 0 aliphatic heterocycles. The van der Waals surface area contributed by atoms with E-state index >= 15 is 0 Å². The minimum atomic E-state index is -3.12. The fourth-order valence-electron chi connectivity index (χ4n) is 1.53. The summed E-state index contributed by atoms with van der Waals surface area (Å²) in [4.78, 5) is 0. The summed E-state index contributed by atoms with van der Waals surface area (Å²) in [5.41, 5.74) is 6.24. The number of halogens is 3. The Bertz CT molecular complexity index is 549. The molecule has 0 fully saturated rings. The summed E-state index contributed by atoms with van der Waals surface area (Å²) in [5.74, 6) is -3.69. The molecule has 0 amide bonds. The van der Waals surface area contributed by atoms with Gasteiger partial charge in [0, 0.05) is 11.4 Å². The van der Waals surface area contributed by atoms with Gasteiger partial charge in [0.25, 0.3) is 0 Å². The van der Waals surface area contributed by atoms with Crippen LogP contribution in [0.4, 0.5) is 14.6 Å². The number of nitrogen functional groups attached to an aromatic ring is 1. The smallest absolute Gasteiger partial charge is 0.305 e. The predicted octanol–water partition coefficient (Wildman–Crippen LogP) is 3.80. The predicted molar refractivity (Wildman–Crippen MR) is 63.6 cm³/mol. The summed E-state index contributed by atoms with van der Waals surface area (Å²) >= 11 is 3.27. The molecule has 1 aromatic heterocycles. The van der Waals surface area contributed by atoms with Crippen molar-refractivity contribution in [2.45, 2.75) is 12.8 Å². The highest BCUT2D eigenvalue weighted by molar-refractivity contribution is 9.10. The van der Waals surface area contributed by atoms with Crippen molar-refractivity contribution in [2.24, 2.45) is 0 Å². The summed E-state index contributed by atoms with van der Waals surface area (Å²) in [6.45, 7) is 0.744. The van der Waals surface area contributed by atoms with E-state index in [1.165, 1.54) is 0 Å². The SMILES string of the molecule is CC(F)(F)c1onc(N)c1-c1cccc(Br)c1. The number of nitrogens with zero attached hydrogens (tertiary/aromatic N) is 1. The second-order valence-electron chi connectivity index (χ2n) is 3.67. The molecular formula is C11H9BrF2N2O. The number of hydrogen-bond donors (Lipinski definition) is 1. The van der Waals surface area contributed by atoms with Gasteiger partial charge in [0.15, 0.2) is 5.82 Å². The molecule has 2 rings (SSSR count). The van der Waals surface area contributed by atoms with Crippen molar-refractivity contribution in [1.82, 2.24) is 5.16 Å². The minimum Gasteiger partial charge on any atom is -0.380 e. The summed E-state index contributed by atoms with van der Waals surface area (Å²) < 4.78 is 32.0. The number of hydrogen-bond acceptors (Lipinski definition) is 3. The Morgan fingerprint density at radius 3 is 2.71 bits per heavy atom. The molecule has 0 atom stereocenters. The standard InChI is InChI=1S/C11H9BrF2N2O/c1-11(13,14)9-8(10(15)16-17-9)6-3-2-4-7(12)5-6/h2-5H,1H3,(H2,15,16). The largest absolute Gasteiger partial charge is 0.380 e. The topological polar surface area (TPSA) is 52.0 Å². The van der Waals surface area contributed by atoms with Crippen molar-refractivity contribution in [3.63, 3.8) is 0 Å². The molecule has 2 N–H and O–H groups in total. The van der Waals surface area contributed by atoms with Crippen molar-refractivity contribution >= 4 is 21.7 Å². The molecular weight excluding hydrogens is 294 g/mol. The van der Waals surface area contributed by atoms with Gasteiger partial charge in [0.05, 0.1) is 5.56 Å². The molecule has 6 heteroatoms. The molecule has 3 nitrogen and oxygen atoms in total. The molecule has 0 bridgehead atoms. The maximum absolute atomic E-state index is 13.3. The molecule has 0 aliphatic rings. The Kier molecular flexibility index (Phi) is 2.91. The Morgan fingerprint density at radius 2 is 2.12 bits per heavy atom. The van der Waals surface area contributed by atoms with Gasteiger partial charge >= 0.3 is 5.92 Å². The van der Waals surface area contributed by atoms with Crippen LogP contribution >= 0.6 is 15.9 Å². The van der Waals surface area contributed by atoms with Gasteiger partial charge in [-0.3, -0.25) is 0 Å². The third-order valence-electron chi connectivity index (χ3n) is 2.23. The van der Waals surface area contributed by atoms with E-state index < -0.39 is 11.7 Å². The van der Waals surface area contributed by atoms with E-state index in [0.29, 0.717) is 5.56 Å². The number of alkyl halides is 2. The zero-order valence-corrected chi connectivity index (χ0v) is 10.5. The number of aromatic nitrogens is 1. The fraction of sp³-hybridized carbons (Fsp3) is 0.182. The van der Waals surface area contributed by atoms with Gasteiger partial charge < -0.3 is 10.3 Å². The lowest BCUT2D eigenvalue weighted by Crippen LogP contribution is -2.07. The van der Waals surface area contributed by atoms with E-state index in [2.05, 4.69) is 25.6 Å². The normalized spacial score (nSPS) is 11.8. The van der Waals surface area contributed by atoms with Crippen LogP contribution in [0.25, 0.3) is 11.1 Å². The van der Waals surface area contributed by atoms with E-state index in [-0.39, 0.29) is 11.4 Å². The Morgan fingerprint density at radius 1 is 1.41 bits per heavy atom. The van der Waals surface area contributed by atoms with Crippen molar-refractivity contribution in [1.29, 1.82) is 0 Å². The molecule has 0 aliphatic carbocycles. The molecule has 2 aromatic rings. The maximum atomic E-state index is 13.3. The van der Waals surface area contributed by atoms with Crippen LogP contribution < -0.4 is 5.73 Å². The number of rotatable bonds is 2. The molecule has 0 radical (unpaired) electrons. The van der Waals surface area contributed by atoms with E-state index in [4.69, 9.17) is 5.73 Å². The molecule has 17 heavy (non-hydrogen) atoms. The third-order valence-corrected chi connectivity index (χ3v) is 2.72. The van der Waals surface area contributed by atoms with Crippen LogP contribution in [0.3, 0.4) is 0 Å². The number of nitrogens with two attached hydrogens (primary N) is 1. The van der Waals surface area contributed by atoms with Gasteiger partial charge in [-0.05, 0) is 17.7 Å². The van der Waals surface area contributed by atoms with Crippen molar-refractivity contribution < 1.29 is 13.3 Å². The molecule has 0 saturated carbocycles. The highest BCUT2D eigenvalue weighted by atomic mass is 79.9. The van der Waals surface area contributed by atoms with Gasteiger partial charge in [0.1, 0.15) is 0 Å². The second kappa shape index (κ2) is 4.10. The van der Waals surface area contributed by atoms with Crippen molar-refractivity contribution in [3.05, 3.63) is 34.5 Å². The van der Waals surface area contributed by atoms with E-state index in [0.717, 1.165) is 11.4 Å². The summed E-state index contributed by atoms with van der Waals surface area (Å²) in [6, 6.07) is 6.86.